The van der Waals surface area contributed by atoms with Gasteiger partial charge < -0.3 is 19.4 Å². The summed E-state index contributed by atoms with van der Waals surface area (Å²) in [5, 5.41) is 11.7. The number of likely N-dealkylation sites (tertiary alicyclic amines) is 1. The van der Waals surface area contributed by atoms with Crippen LogP contribution in [0.3, 0.4) is 0 Å². The first-order valence-electron chi connectivity index (χ1n) is 9.16. The maximum absolute atomic E-state index is 12.0. The number of aliphatic carboxylic acids is 1. The molecular formula is C20H22NO8-. The highest BCUT2D eigenvalue weighted by Crippen LogP contribution is 2.35. The van der Waals surface area contributed by atoms with Crippen LogP contribution in [0.2, 0.25) is 0 Å². The SMILES string of the molecule is CC(C)C(=O)Oc1ccc(C(C(=O)[O-])N2C(=O)CCC2=O)cc1OC(=O)C(C)C. The van der Waals surface area contributed by atoms with Crippen molar-refractivity contribution in [1.29, 1.82) is 0 Å². The van der Waals surface area contributed by atoms with E-state index in [1.54, 1.807) is 27.7 Å². The zero-order valence-corrected chi connectivity index (χ0v) is 16.6. The van der Waals surface area contributed by atoms with E-state index in [9.17, 15) is 29.1 Å². The number of esters is 2. The average Bonchev–Trinajstić information content (AvgIpc) is 2.95. The molecule has 0 spiro atoms. The van der Waals surface area contributed by atoms with Crippen LogP contribution < -0.4 is 14.6 Å². The zero-order valence-electron chi connectivity index (χ0n) is 16.6. The van der Waals surface area contributed by atoms with Crippen LogP contribution >= 0.6 is 0 Å². The molecular weight excluding hydrogens is 382 g/mol. The van der Waals surface area contributed by atoms with Gasteiger partial charge in [0, 0.05) is 12.8 Å². The topological polar surface area (TPSA) is 130 Å². The summed E-state index contributed by atoms with van der Waals surface area (Å²) in [5.74, 6) is -5.41. The highest BCUT2D eigenvalue weighted by Gasteiger charge is 2.37. The molecule has 0 saturated carbocycles. The van der Waals surface area contributed by atoms with Gasteiger partial charge in [-0.1, -0.05) is 33.8 Å². The van der Waals surface area contributed by atoms with Gasteiger partial charge in [0.05, 0.1) is 17.8 Å². The maximum atomic E-state index is 12.0. The van der Waals surface area contributed by atoms with Gasteiger partial charge in [0.1, 0.15) is 6.04 Å². The molecule has 1 unspecified atom stereocenters. The zero-order chi connectivity index (χ0) is 21.9. The Kier molecular flexibility index (Phi) is 6.73. The van der Waals surface area contributed by atoms with Gasteiger partial charge >= 0.3 is 11.9 Å². The second-order valence-corrected chi connectivity index (χ2v) is 7.24. The smallest absolute Gasteiger partial charge is 0.313 e. The third-order valence-electron chi connectivity index (χ3n) is 4.22. The molecule has 1 aromatic rings. The van der Waals surface area contributed by atoms with Crippen molar-refractivity contribution in [3.63, 3.8) is 0 Å². The fourth-order valence-electron chi connectivity index (χ4n) is 2.58. The number of carbonyl (C=O) groups excluding carboxylic acids is 5. The molecule has 9 nitrogen and oxygen atoms in total. The molecule has 1 fully saturated rings. The lowest BCUT2D eigenvalue weighted by molar-refractivity contribution is -0.311. The number of hydrogen-bond acceptors (Lipinski definition) is 8. The first-order chi connectivity index (χ1) is 13.5. The summed E-state index contributed by atoms with van der Waals surface area (Å²) in [7, 11) is 0. The van der Waals surface area contributed by atoms with Gasteiger partial charge in [0.15, 0.2) is 11.5 Å². The van der Waals surface area contributed by atoms with E-state index in [0.717, 1.165) is 6.07 Å². The van der Waals surface area contributed by atoms with Crippen molar-refractivity contribution >= 4 is 29.7 Å². The number of nitrogens with zero attached hydrogens (tertiary/aromatic N) is 1. The molecule has 0 N–H and O–H groups in total. The molecule has 1 atom stereocenters. The van der Waals surface area contributed by atoms with Crippen molar-refractivity contribution in [3.05, 3.63) is 23.8 Å². The molecule has 0 radical (unpaired) electrons. The Morgan fingerprint density at radius 3 is 1.83 bits per heavy atom. The summed E-state index contributed by atoms with van der Waals surface area (Å²) < 4.78 is 10.5. The molecule has 1 heterocycles. The number of carboxylic acids is 1. The Labute approximate surface area is 167 Å². The lowest BCUT2D eigenvalue weighted by Gasteiger charge is -2.28. The lowest BCUT2D eigenvalue weighted by atomic mass is 10.0. The minimum absolute atomic E-state index is 0.0236. The van der Waals surface area contributed by atoms with Crippen LogP contribution in [0.15, 0.2) is 18.2 Å². The molecule has 2 amide bonds. The van der Waals surface area contributed by atoms with Crippen LogP contribution in [-0.2, 0) is 24.0 Å². The molecule has 0 aromatic heterocycles. The average molecular weight is 404 g/mol. The van der Waals surface area contributed by atoms with Crippen LogP contribution in [-0.4, -0.2) is 34.6 Å². The van der Waals surface area contributed by atoms with E-state index in [2.05, 4.69) is 0 Å². The number of carboxylic acid groups (broad SMARTS) is 1. The number of amides is 2. The minimum Gasteiger partial charge on any atom is -0.547 e. The van der Waals surface area contributed by atoms with Gasteiger partial charge in [0.25, 0.3) is 0 Å². The summed E-state index contributed by atoms with van der Waals surface area (Å²) in [4.78, 5) is 60.3. The third-order valence-corrected chi connectivity index (χ3v) is 4.22. The Balaban J connectivity index is 2.50. The van der Waals surface area contributed by atoms with Gasteiger partial charge in [-0.15, -0.1) is 0 Å². The van der Waals surface area contributed by atoms with E-state index >= 15 is 0 Å². The number of rotatable bonds is 7. The van der Waals surface area contributed by atoms with E-state index in [-0.39, 0.29) is 29.9 Å². The Hall–Kier alpha value is -3.23. The molecule has 9 heteroatoms. The lowest BCUT2D eigenvalue weighted by Crippen LogP contribution is -2.44. The van der Waals surface area contributed by atoms with E-state index in [0.29, 0.717) is 4.90 Å². The third kappa shape index (κ3) is 4.98. The van der Waals surface area contributed by atoms with Crippen LogP contribution in [0.5, 0.6) is 11.5 Å². The largest absolute Gasteiger partial charge is 0.547 e. The number of carbonyl (C=O) groups is 5. The molecule has 0 bridgehead atoms. The molecule has 1 aliphatic rings. The maximum Gasteiger partial charge on any atom is 0.313 e. The van der Waals surface area contributed by atoms with Gasteiger partial charge in [-0.05, 0) is 17.7 Å². The van der Waals surface area contributed by atoms with Crippen molar-refractivity contribution in [2.45, 2.75) is 46.6 Å². The highest BCUT2D eigenvalue weighted by molar-refractivity contribution is 6.05. The van der Waals surface area contributed by atoms with Crippen LogP contribution in [0.4, 0.5) is 0 Å². The standard InChI is InChI=1S/C20H23NO8/c1-10(2)19(26)28-13-6-5-12(9-14(13)29-20(27)11(3)4)17(18(24)25)21-15(22)7-8-16(21)23/h5-6,9-11,17H,7-8H2,1-4H3,(H,24,25)/p-1. The van der Waals surface area contributed by atoms with Crippen molar-refractivity contribution < 1.29 is 38.6 Å². The first-order valence-corrected chi connectivity index (χ1v) is 9.16. The molecule has 156 valence electrons. The molecule has 1 aliphatic heterocycles. The first kappa shape index (κ1) is 22.1. The normalized spacial score (nSPS) is 15.0. The quantitative estimate of drug-likeness (QED) is 0.370. The highest BCUT2D eigenvalue weighted by atomic mass is 16.6. The van der Waals surface area contributed by atoms with Crippen LogP contribution in [0, 0.1) is 11.8 Å². The Morgan fingerprint density at radius 1 is 0.897 bits per heavy atom. The molecule has 29 heavy (non-hydrogen) atoms. The summed E-state index contributed by atoms with van der Waals surface area (Å²) >= 11 is 0. The van der Waals surface area contributed by atoms with E-state index < -0.39 is 47.6 Å². The second kappa shape index (κ2) is 8.85. The van der Waals surface area contributed by atoms with E-state index in [4.69, 9.17) is 9.47 Å². The van der Waals surface area contributed by atoms with Crippen molar-refractivity contribution in [2.24, 2.45) is 11.8 Å². The van der Waals surface area contributed by atoms with Crippen molar-refractivity contribution in [2.75, 3.05) is 0 Å². The fourth-order valence-corrected chi connectivity index (χ4v) is 2.58. The Bertz CT molecular complexity index is 842. The number of imide groups is 1. The van der Waals surface area contributed by atoms with Crippen LogP contribution in [0.25, 0.3) is 0 Å². The van der Waals surface area contributed by atoms with Crippen LogP contribution in [0.1, 0.15) is 52.1 Å². The van der Waals surface area contributed by atoms with Crippen molar-refractivity contribution in [1.82, 2.24) is 4.90 Å². The van der Waals surface area contributed by atoms with E-state index in [1.807, 2.05) is 0 Å². The van der Waals surface area contributed by atoms with E-state index in [1.165, 1.54) is 12.1 Å². The predicted molar refractivity (Wildman–Crippen MR) is 96.2 cm³/mol. The molecule has 1 aromatic carbocycles. The molecule has 1 saturated heterocycles. The van der Waals surface area contributed by atoms with Gasteiger partial charge in [0.2, 0.25) is 11.8 Å². The minimum atomic E-state index is -1.69. The number of benzene rings is 1. The summed E-state index contributed by atoms with van der Waals surface area (Å²) in [6.45, 7) is 6.43. The Morgan fingerprint density at radius 2 is 1.38 bits per heavy atom. The summed E-state index contributed by atoms with van der Waals surface area (Å²) in [6, 6.07) is 1.99. The monoisotopic (exact) mass is 404 g/mol. The van der Waals surface area contributed by atoms with Gasteiger partial charge in [-0.3, -0.25) is 24.1 Å². The second-order valence-electron chi connectivity index (χ2n) is 7.24. The number of ether oxygens (including phenoxy) is 2. The van der Waals surface area contributed by atoms with Gasteiger partial charge in [-0.2, -0.15) is 0 Å². The number of hydrogen-bond donors (Lipinski definition) is 0. The van der Waals surface area contributed by atoms with Crippen molar-refractivity contribution in [3.8, 4) is 11.5 Å². The van der Waals surface area contributed by atoms with Gasteiger partial charge in [-0.25, -0.2) is 0 Å². The summed E-state index contributed by atoms with van der Waals surface area (Å²) in [5.41, 5.74) is -0.0236. The predicted octanol–water partition coefficient (Wildman–Crippen LogP) is 0.749. The summed E-state index contributed by atoms with van der Waals surface area (Å²) in [6.07, 6.45) is -0.191. The fraction of sp³-hybridized carbons (Fsp3) is 0.450. The molecule has 0 aliphatic carbocycles. The molecule has 2 rings (SSSR count).